The quantitative estimate of drug-likeness (QED) is 0.0218. The van der Waals surface area contributed by atoms with Crippen LogP contribution >= 0.6 is 11.3 Å². The summed E-state index contributed by atoms with van der Waals surface area (Å²) >= 11 is 0.921. The van der Waals surface area contributed by atoms with Gasteiger partial charge in [0.1, 0.15) is 41.1 Å². The Kier molecular flexibility index (Phi) is 16.0. The molecule has 23 heteroatoms. The lowest BCUT2D eigenvalue weighted by Gasteiger charge is -2.50. The Labute approximate surface area is 376 Å². The Morgan fingerprint density at radius 3 is 2.16 bits per heavy atom. The average molecular weight is 937 g/mol. The predicted molar refractivity (Wildman–Crippen MR) is 231 cm³/mol. The van der Waals surface area contributed by atoms with E-state index in [-0.39, 0.29) is 10.8 Å². The molecular formula is C41H58N7O14S2+. The number of amides is 3. The van der Waals surface area contributed by atoms with Gasteiger partial charge in [-0.3, -0.25) is 19.5 Å². The molecule has 64 heavy (non-hydrogen) atoms. The molecule has 1 aromatic carbocycles. The lowest BCUT2D eigenvalue weighted by atomic mass is 9.74. The highest BCUT2D eigenvalue weighted by Gasteiger charge is 2.57. The lowest BCUT2D eigenvalue weighted by Crippen LogP contribution is -2.68. The SMILES string of the molecule is Cn1c[n+](CCCNC(=O)OC(C)(C)C)cc1-c1ccc(OC[C@H](O/N=C(\C(=O)CC2C(=O)N(OS(=O)(=O)O)C2(C)C)c2csc(NC(=O)OC(C)(C)C)n2)C(=O)OC(C)(C)C)cc1. The van der Waals surface area contributed by atoms with E-state index in [1.54, 1.807) is 74.4 Å². The zero-order valence-corrected chi connectivity index (χ0v) is 39.7. The van der Waals surface area contributed by atoms with Crippen molar-refractivity contribution >= 4 is 62.4 Å². The number of thiazole rings is 1. The number of alkyl carbamates (subject to hydrolysis) is 1. The van der Waals surface area contributed by atoms with Gasteiger partial charge >= 0.3 is 28.6 Å². The smallest absolute Gasteiger partial charge is 0.418 e. The minimum atomic E-state index is -5.06. The first-order valence-corrected chi connectivity index (χ1v) is 22.4. The van der Waals surface area contributed by atoms with Crippen LogP contribution in [0, 0.1) is 5.92 Å². The van der Waals surface area contributed by atoms with Crippen LogP contribution in [0.3, 0.4) is 0 Å². The summed E-state index contributed by atoms with van der Waals surface area (Å²) in [5, 5.41) is 11.1. The van der Waals surface area contributed by atoms with Crippen LogP contribution in [0.1, 0.15) is 94.7 Å². The minimum Gasteiger partial charge on any atom is -0.489 e. The van der Waals surface area contributed by atoms with Crippen LogP contribution in [0.5, 0.6) is 5.75 Å². The zero-order valence-electron chi connectivity index (χ0n) is 38.0. The number of carbonyl (C=O) groups excluding carboxylic acids is 5. The van der Waals surface area contributed by atoms with E-state index in [0.29, 0.717) is 30.3 Å². The highest BCUT2D eigenvalue weighted by Crippen LogP contribution is 2.41. The number of oxime groups is 1. The molecule has 2 aromatic heterocycles. The van der Waals surface area contributed by atoms with Gasteiger partial charge in [0.15, 0.2) is 22.3 Å². The van der Waals surface area contributed by atoms with Gasteiger partial charge in [0.05, 0.1) is 25.0 Å². The molecule has 1 unspecified atom stereocenters. The lowest BCUT2D eigenvalue weighted by molar-refractivity contribution is -0.696. The molecule has 1 aliphatic heterocycles. The van der Waals surface area contributed by atoms with Crippen molar-refractivity contribution in [3.63, 3.8) is 0 Å². The number of rotatable bonds is 18. The molecule has 352 valence electrons. The van der Waals surface area contributed by atoms with E-state index in [9.17, 15) is 32.4 Å². The van der Waals surface area contributed by atoms with Gasteiger partial charge in [0, 0.05) is 30.3 Å². The van der Waals surface area contributed by atoms with Crippen LogP contribution < -0.4 is 19.9 Å². The Morgan fingerprint density at radius 1 is 0.969 bits per heavy atom. The summed E-state index contributed by atoms with van der Waals surface area (Å²) < 4.78 is 62.4. The molecule has 3 heterocycles. The predicted octanol–water partition coefficient (Wildman–Crippen LogP) is 5.14. The van der Waals surface area contributed by atoms with Crippen molar-refractivity contribution < 1.29 is 69.6 Å². The maximum Gasteiger partial charge on any atom is 0.418 e. The largest absolute Gasteiger partial charge is 0.489 e. The molecule has 1 fully saturated rings. The van der Waals surface area contributed by atoms with Crippen molar-refractivity contribution in [2.24, 2.45) is 18.1 Å². The van der Waals surface area contributed by atoms with Crippen molar-refractivity contribution in [3.8, 4) is 17.0 Å². The van der Waals surface area contributed by atoms with Crippen LogP contribution in [0.4, 0.5) is 14.7 Å². The van der Waals surface area contributed by atoms with Crippen LogP contribution in [0.25, 0.3) is 11.3 Å². The number of carbonyl (C=O) groups is 5. The number of hydrogen-bond donors (Lipinski definition) is 3. The third kappa shape index (κ3) is 15.3. The van der Waals surface area contributed by atoms with Crippen molar-refractivity contribution in [1.82, 2.24) is 19.9 Å². The van der Waals surface area contributed by atoms with Crippen molar-refractivity contribution in [3.05, 3.63) is 47.9 Å². The van der Waals surface area contributed by atoms with E-state index in [1.165, 1.54) is 19.2 Å². The molecule has 1 saturated heterocycles. The number of β-lactam (4-membered cyclic amide) rings is 1. The molecule has 0 bridgehead atoms. The molecule has 0 aliphatic carbocycles. The average Bonchev–Trinajstić information content (AvgIpc) is 3.75. The van der Waals surface area contributed by atoms with Crippen LogP contribution in [-0.2, 0) is 61.7 Å². The summed E-state index contributed by atoms with van der Waals surface area (Å²) in [5.74, 6) is -3.40. The van der Waals surface area contributed by atoms with Crippen molar-refractivity contribution in [2.75, 3.05) is 18.5 Å². The number of ether oxygens (including phenoxy) is 4. The molecule has 3 N–H and O–H groups in total. The molecule has 3 aromatic rings. The maximum atomic E-state index is 14.0. The van der Waals surface area contributed by atoms with Crippen molar-refractivity contribution in [1.29, 1.82) is 0 Å². The summed E-state index contributed by atoms with van der Waals surface area (Å²) in [6, 6.07) is 7.05. The molecule has 0 spiro atoms. The molecule has 21 nitrogen and oxygen atoms in total. The molecule has 1 aliphatic rings. The first kappa shape index (κ1) is 51.0. The number of esters is 1. The number of Topliss-reactive ketones (excluding diaryl/α,β-unsaturated/α-hetero) is 1. The fourth-order valence-corrected chi connectivity index (χ4v) is 7.11. The fourth-order valence-electron chi connectivity index (χ4n) is 5.97. The topological polar surface area (TPSA) is 256 Å². The van der Waals surface area contributed by atoms with Crippen LogP contribution in [0.2, 0.25) is 0 Å². The van der Waals surface area contributed by atoms with E-state index >= 15 is 0 Å². The summed E-state index contributed by atoms with van der Waals surface area (Å²) in [5.41, 5.74) is -2.56. The van der Waals surface area contributed by atoms with Gasteiger partial charge in [-0.05, 0) is 100 Å². The summed E-state index contributed by atoms with van der Waals surface area (Å²) in [7, 11) is -3.15. The molecule has 4 rings (SSSR count). The maximum absolute atomic E-state index is 14.0. The number of imidazole rings is 1. The third-order valence-electron chi connectivity index (χ3n) is 8.79. The van der Waals surface area contributed by atoms with Gasteiger partial charge in [-0.2, -0.15) is 13.5 Å². The van der Waals surface area contributed by atoms with Crippen LogP contribution in [-0.4, -0.2) is 105 Å². The first-order valence-electron chi connectivity index (χ1n) is 20.1. The molecule has 0 radical (unpaired) electrons. The number of aromatic nitrogens is 3. The number of hydrogen-bond acceptors (Lipinski definition) is 16. The number of nitrogens with one attached hydrogen (secondary N) is 2. The monoisotopic (exact) mass is 936 g/mol. The van der Waals surface area contributed by atoms with Crippen LogP contribution in [0.15, 0.2) is 47.3 Å². The second-order valence-electron chi connectivity index (χ2n) is 18.3. The number of nitrogens with zero attached hydrogens (tertiary/aromatic N) is 5. The highest BCUT2D eigenvalue weighted by atomic mass is 32.3. The van der Waals surface area contributed by atoms with Gasteiger partial charge in [0.2, 0.25) is 6.33 Å². The van der Waals surface area contributed by atoms with Crippen molar-refractivity contribution in [2.45, 2.75) is 124 Å². The summed E-state index contributed by atoms with van der Waals surface area (Å²) in [6.45, 7) is 18.8. The van der Waals surface area contributed by atoms with E-state index in [2.05, 4.69) is 25.1 Å². The second-order valence-corrected chi connectivity index (χ2v) is 20.2. The molecule has 3 amide bonds. The van der Waals surface area contributed by atoms with Gasteiger partial charge in [-0.15, -0.1) is 15.6 Å². The van der Waals surface area contributed by atoms with E-state index in [0.717, 1.165) is 22.6 Å². The number of ketones is 1. The standard InChI is InChI=1S/C41H57N7O14S2/c1-38(2,3)58-34(51)31(22-57-26-16-14-25(15-17-26)29-21-47(24-46(29)12)19-13-18-42-36(52)59-39(4,5)6)61-45-32(28-23-63-35(43-28)44-37(53)60-40(7,8)9)30(49)20-27-33(50)48(41(27,10)11)62-64(54,55)56/h14-17,21,23-24,27,31H,13,18-20,22H2,1-12H3,(H2-,42,43,44,52,53,54,55,56)/p+1/b45-32-/t27?,31-/m0/s1. The zero-order chi connectivity index (χ0) is 48.0. The normalized spacial score (nSPS) is 16.0. The molecule has 0 saturated carbocycles. The van der Waals surface area contributed by atoms with Gasteiger partial charge in [-0.1, -0.05) is 5.16 Å². The number of benzene rings is 1. The van der Waals surface area contributed by atoms with Gasteiger partial charge in [0.25, 0.3) is 12.0 Å². The number of hydroxylamine groups is 2. The van der Waals surface area contributed by atoms with Gasteiger partial charge in [-0.25, -0.2) is 28.5 Å². The summed E-state index contributed by atoms with van der Waals surface area (Å²) in [4.78, 5) is 74.9. The second kappa shape index (κ2) is 20.0. The summed E-state index contributed by atoms with van der Waals surface area (Å²) in [6.07, 6.45) is 1.17. The Bertz CT molecular complexity index is 2320. The molecular weight excluding hydrogens is 879 g/mol. The van der Waals surface area contributed by atoms with E-state index in [4.69, 9.17) is 28.3 Å². The molecule has 2 atom stereocenters. The minimum absolute atomic E-state index is 0.0192. The Balaban J connectivity index is 1.53. The first-order chi connectivity index (χ1) is 29.4. The Hall–Kier alpha value is -5.65. The highest BCUT2D eigenvalue weighted by molar-refractivity contribution is 7.80. The third-order valence-corrected chi connectivity index (χ3v) is 9.89. The van der Waals surface area contributed by atoms with E-state index < -0.39 is 93.3 Å². The van der Waals surface area contributed by atoms with E-state index in [1.807, 2.05) is 40.8 Å². The number of anilines is 1. The fraction of sp³-hybridized carbons (Fsp3) is 0.561. The van der Waals surface area contributed by atoms with Gasteiger partial charge < -0.3 is 29.1 Å². The Morgan fingerprint density at radius 2 is 1.58 bits per heavy atom. The number of aryl methyl sites for hydroxylation is 2.